The van der Waals surface area contributed by atoms with Gasteiger partial charge in [-0.2, -0.15) is 0 Å². The van der Waals surface area contributed by atoms with E-state index in [1.54, 1.807) is 33.0 Å². The number of thioether (sulfide) groups is 1. The molecule has 2 fully saturated rings. The number of carbonyl (C=O) groups excluding carboxylic acids is 3. The van der Waals surface area contributed by atoms with Gasteiger partial charge in [0, 0.05) is 44.0 Å². The lowest BCUT2D eigenvalue weighted by Gasteiger charge is -2.34. The second kappa shape index (κ2) is 10.2. The smallest absolute Gasteiger partial charge is 0.409 e. The van der Waals surface area contributed by atoms with E-state index in [0.29, 0.717) is 61.4 Å². The monoisotopic (exact) mass is 453 g/mol. The average molecular weight is 454 g/mol. The summed E-state index contributed by atoms with van der Waals surface area (Å²) in [5.74, 6) is -0.0584. The van der Waals surface area contributed by atoms with Crippen LogP contribution in [-0.4, -0.2) is 76.3 Å². The van der Waals surface area contributed by atoms with Crippen molar-refractivity contribution in [3.63, 3.8) is 0 Å². The minimum atomic E-state index is -0.329. The second-order valence-corrected chi connectivity index (χ2v) is 9.17. The van der Waals surface area contributed by atoms with E-state index in [9.17, 15) is 14.4 Å². The van der Waals surface area contributed by atoms with E-state index in [1.165, 1.54) is 11.8 Å². The molecule has 0 unspecified atom stereocenters. The molecule has 156 valence electrons. The van der Waals surface area contributed by atoms with Crippen LogP contribution in [0.1, 0.15) is 24.6 Å². The summed E-state index contributed by atoms with van der Waals surface area (Å²) in [7, 11) is 0. The molecular formula is C19H23N3O4S3. The van der Waals surface area contributed by atoms with E-state index in [1.807, 2.05) is 23.6 Å². The summed E-state index contributed by atoms with van der Waals surface area (Å²) in [4.78, 5) is 43.4. The molecule has 2 saturated heterocycles. The number of carbonyl (C=O) groups is 3. The highest BCUT2D eigenvalue weighted by Crippen LogP contribution is 2.33. The van der Waals surface area contributed by atoms with Crippen LogP contribution >= 0.6 is 35.3 Å². The highest BCUT2D eigenvalue weighted by Gasteiger charge is 2.32. The van der Waals surface area contributed by atoms with E-state index in [-0.39, 0.29) is 17.9 Å². The Morgan fingerprint density at radius 1 is 1.24 bits per heavy atom. The van der Waals surface area contributed by atoms with Crippen LogP contribution < -0.4 is 0 Å². The summed E-state index contributed by atoms with van der Waals surface area (Å²) in [6.07, 6.45) is 2.43. The van der Waals surface area contributed by atoms with Crippen molar-refractivity contribution in [3.8, 4) is 0 Å². The predicted molar refractivity (Wildman–Crippen MR) is 119 cm³/mol. The molecule has 29 heavy (non-hydrogen) atoms. The largest absolute Gasteiger partial charge is 0.450 e. The quantitative estimate of drug-likeness (QED) is 0.487. The fourth-order valence-electron chi connectivity index (χ4n) is 3.10. The maximum absolute atomic E-state index is 12.6. The molecule has 1 aromatic heterocycles. The van der Waals surface area contributed by atoms with Gasteiger partial charge in [-0.3, -0.25) is 14.5 Å². The lowest BCUT2D eigenvalue weighted by molar-refractivity contribution is -0.133. The Labute approximate surface area is 183 Å². The third-order valence-corrected chi connectivity index (χ3v) is 6.82. The predicted octanol–water partition coefficient (Wildman–Crippen LogP) is 3.03. The molecule has 7 nitrogen and oxygen atoms in total. The van der Waals surface area contributed by atoms with Gasteiger partial charge < -0.3 is 14.5 Å². The van der Waals surface area contributed by atoms with Crippen LogP contribution in [0.15, 0.2) is 22.4 Å². The van der Waals surface area contributed by atoms with Crippen molar-refractivity contribution in [1.29, 1.82) is 0 Å². The number of thiophene rings is 1. The zero-order valence-corrected chi connectivity index (χ0v) is 18.6. The fraction of sp³-hybridized carbons (Fsp3) is 0.474. The van der Waals surface area contributed by atoms with Gasteiger partial charge in [-0.15, -0.1) is 11.3 Å². The number of rotatable bonds is 6. The summed E-state index contributed by atoms with van der Waals surface area (Å²) in [5, 5.41) is 1.96. The lowest BCUT2D eigenvalue weighted by Crippen LogP contribution is -2.50. The number of hydrogen-bond donors (Lipinski definition) is 0. The van der Waals surface area contributed by atoms with Crippen molar-refractivity contribution in [2.24, 2.45) is 0 Å². The number of nitrogens with zero attached hydrogens (tertiary/aromatic N) is 3. The molecule has 3 amide bonds. The summed E-state index contributed by atoms with van der Waals surface area (Å²) in [6.45, 7) is 4.51. The van der Waals surface area contributed by atoms with Gasteiger partial charge in [0.05, 0.1) is 11.5 Å². The molecule has 0 atom stereocenters. The fourth-order valence-corrected chi connectivity index (χ4v) is 5.13. The number of amides is 3. The normalized spacial score (nSPS) is 18.7. The topological polar surface area (TPSA) is 70.2 Å². The first kappa shape index (κ1) is 21.8. The minimum absolute atomic E-state index is 0.0353. The van der Waals surface area contributed by atoms with Crippen molar-refractivity contribution in [3.05, 3.63) is 27.3 Å². The van der Waals surface area contributed by atoms with Crippen molar-refractivity contribution in [1.82, 2.24) is 14.7 Å². The average Bonchev–Trinajstić information content (AvgIpc) is 3.32. The third-order valence-electron chi connectivity index (χ3n) is 4.62. The minimum Gasteiger partial charge on any atom is -0.450 e. The third kappa shape index (κ3) is 5.58. The van der Waals surface area contributed by atoms with Gasteiger partial charge in [-0.05, 0) is 30.9 Å². The van der Waals surface area contributed by atoms with Gasteiger partial charge >= 0.3 is 6.09 Å². The Morgan fingerprint density at radius 3 is 2.62 bits per heavy atom. The Balaban J connectivity index is 1.43. The molecule has 3 rings (SSSR count). The molecule has 0 radical (unpaired) electrons. The highest BCUT2D eigenvalue weighted by atomic mass is 32.2. The van der Waals surface area contributed by atoms with Crippen LogP contribution in [-0.2, 0) is 14.3 Å². The van der Waals surface area contributed by atoms with Gasteiger partial charge in [0.25, 0.3) is 5.91 Å². The Morgan fingerprint density at radius 2 is 1.97 bits per heavy atom. The van der Waals surface area contributed by atoms with Gasteiger partial charge in [-0.25, -0.2) is 4.79 Å². The van der Waals surface area contributed by atoms with Gasteiger partial charge in [-0.1, -0.05) is 30.0 Å². The molecule has 2 aliphatic heterocycles. The van der Waals surface area contributed by atoms with Gasteiger partial charge in [0.15, 0.2) is 0 Å². The van der Waals surface area contributed by atoms with Crippen molar-refractivity contribution in [2.45, 2.75) is 19.8 Å². The summed E-state index contributed by atoms with van der Waals surface area (Å²) in [5.41, 5.74) is 0. The van der Waals surface area contributed by atoms with E-state index >= 15 is 0 Å². The van der Waals surface area contributed by atoms with Gasteiger partial charge in [0.1, 0.15) is 4.32 Å². The van der Waals surface area contributed by atoms with Crippen LogP contribution in [0, 0.1) is 0 Å². The molecule has 0 spiro atoms. The lowest BCUT2D eigenvalue weighted by atomic mass is 10.2. The Hall–Kier alpha value is -1.91. The highest BCUT2D eigenvalue weighted by molar-refractivity contribution is 8.26. The maximum atomic E-state index is 12.6. The molecule has 0 aromatic carbocycles. The molecule has 0 N–H and O–H groups in total. The second-order valence-electron chi connectivity index (χ2n) is 6.52. The van der Waals surface area contributed by atoms with Gasteiger partial charge in [0.2, 0.25) is 5.91 Å². The summed E-state index contributed by atoms with van der Waals surface area (Å²) < 4.78 is 5.52. The Bertz CT molecular complexity index is 802. The van der Waals surface area contributed by atoms with Crippen molar-refractivity contribution >= 4 is 63.6 Å². The summed E-state index contributed by atoms with van der Waals surface area (Å²) in [6, 6.07) is 3.90. The van der Waals surface area contributed by atoms with Crippen LogP contribution in [0.2, 0.25) is 0 Å². The molecule has 3 heterocycles. The molecule has 10 heteroatoms. The van der Waals surface area contributed by atoms with E-state index < -0.39 is 0 Å². The first-order chi connectivity index (χ1) is 14.0. The number of ether oxygens (including phenoxy) is 1. The maximum Gasteiger partial charge on any atom is 0.409 e. The van der Waals surface area contributed by atoms with E-state index in [2.05, 4.69) is 0 Å². The first-order valence-corrected chi connectivity index (χ1v) is 11.6. The molecule has 0 bridgehead atoms. The zero-order valence-electron chi connectivity index (χ0n) is 16.2. The van der Waals surface area contributed by atoms with E-state index in [0.717, 1.165) is 4.88 Å². The number of hydrogen-bond acceptors (Lipinski definition) is 7. The number of piperazine rings is 1. The zero-order chi connectivity index (χ0) is 20.8. The molecule has 2 aliphatic rings. The van der Waals surface area contributed by atoms with Crippen LogP contribution in [0.4, 0.5) is 4.79 Å². The van der Waals surface area contributed by atoms with E-state index in [4.69, 9.17) is 17.0 Å². The summed E-state index contributed by atoms with van der Waals surface area (Å²) >= 11 is 8.21. The first-order valence-electron chi connectivity index (χ1n) is 9.48. The van der Waals surface area contributed by atoms with Crippen LogP contribution in [0.25, 0.3) is 6.08 Å². The molecule has 1 aromatic rings. The Kier molecular flexibility index (Phi) is 7.68. The molecule has 0 saturated carbocycles. The standard InChI is InChI=1S/C19H23N3O4S3/c1-2-26-18(25)21-10-8-20(9-11-21)16(23)6-3-7-22-17(24)15(29-19(22)27)13-14-5-4-12-28-14/h4-5,12-13H,2-3,6-11H2,1H3/b15-13-. The van der Waals surface area contributed by atoms with Crippen molar-refractivity contribution < 1.29 is 19.1 Å². The molecular weight excluding hydrogens is 430 g/mol. The molecule has 0 aliphatic carbocycles. The van der Waals surface area contributed by atoms with Crippen molar-refractivity contribution in [2.75, 3.05) is 39.3 Å². The number of thiocarbonyl (C=S) groups is 1. The van der Waals surface area contributed by atoms with Crippen LogP contribution in [0.5, 0.6) is 0 Å². The van der Waals surface area contributed by atoms with Crippen LogP contribution in [0.3, 0.4) is 0 Å². The SMILES string of the molecule is CCOC(=O)N1CCN(C(=O)CCCN2C(=O)/C(=C/c3cccs3)SC2=S)CC1.